The fourth-order valence-corrected chi connectivity index (χ4v) is 3.91. The highest BCUT2D eigenvalue weighted by Gasteiger charge is 2.29. The van der Waals surface area contributed by atoms with Crippen molar-refractivity contribution in [2.45, 2.75) is 40.2 Å². The van der Waals surface area contributed by atoms with E-state index >= 15 is 0 Å². The monoisotopic (exact) mass is 461 g/mol. The number of nitrogens with one attached hydrogen (secondary N) is 1. The van der Waals surface area contributed by atoms with Gasteiger partial charge in [-0.25, -0.2) is 14.4 Å². The first kappa shape index (κ1) is 23.9. The third-order valence-corrected chi connectivity index (χ3v) is 6.11. The summed E-state index contributed by atoms with van der Waals surface area (Å²) in [5, 5.41) is 3.10. The van der Waals surface area contributed by atoms with Crippen molar-refractivity contribution in [3.05, 3.63) is 52.1 Å². The van der Waals surface area contributed by atoms with Crippen LogP contribution in [0.15, 0.2) is 24.4 Å². The minimum absolute atomic E-state index is 0.0815. The predicted octanol–water partition coefficient (Wildman–Crippen LogP) is 3.59. The lowest BCUT2D eigenvalue weighted by molar-refractivity contribution is -0.126. The molecule has 1 saturated heterocycles. The highest BCUT2D eigenvalue weighted by molar-refractivity contribution is 6.33. The zero-order valence-electron chi connectivity index (χ0n) is 18.7. The number of amides is 2. The van der Waals surface area contributed by atoms with Gasteiger partial charge < -0.3 is 15.1 Å². The molecule has 1 aliphatic rings. The maximum atomic E-state index is 13.7. The minimum atomic E-state index is -0.281. The maximum Gasteiger partial charge on any atom is 0.274 e. The van der Waals surface area contributed by atoms with Gasteiger partial charge in [0.05, 0.1) is 11.2 Å². The zero-order valence-corrected chi connectivity index (χ0v) is 19.5. The molecule has 0 aliphatic carbocycles. The fraction of sp³-hybridized carbons (Fsp3) is 0.478. The molecule has 0 saturated carbocycles. The first-order chi connectivity index (χ1) is 15.3. The molecule has 7 nitrogen and oxygen atoms in total. The SMILES string of the molecule is CCN(CC)c1ncc(Cl)c(C(=O)N2CCC(C(=O)NCc3ccc(C)c(F)c3)CC2)n1. The number of aromatic nitrogens is 2. The molecule has 2 amide bonds. The van der Waals surface area contributed by atoms with Gasteiger partial charge in [0.2, 0.25) is 11.9 Å². The highest BCUT2D eigenvalue weighted by Crippen LogP contribution is 2.23. The Hall–Kier alpha value is -2.74. The largest absolute Gasteiger partial charge is 0.352 e. The summed E-state index contributed by atoms with van der Waals surface area (Å²) >= 11 is 6.22. The summed E-state index contributed by atoms with van der Waals surface area (Å²) < 4.78 is 13.7. The van der Waals surface area contributed by atoms with E-state index in [2.05, 4.69) is 15.3 Å². The second-order valence-electron chi connectivity index (χ2n) is 7.91. The van der Waals surface area contributed by atoms with Gasteiger partial charge in [-0.3, -0.25) is 9.59 Å². The molecule has 3 rings (SSSR count). The van der Waals surface area contributed by atoms with Crippen molar-refractivity contribution >= 4 is 29.4 Å². The van der Waals surface area contributed by atoms with Gasteiger partial charge in [-0.05, 0) is 50.8 Å². The number of anilines is 1. The Labute approximate surface area is 193 Å². The lowest BCUT2D eigenvalue weighted by atomic mass is 9.95. The number of hydrogen-bond donors (Lipinski definition) is 1. The van der Waals surface area contributed by atoms with Gasteiger partial charge in [0.25, 0.3) is 5.91 Å². The van der Waals surface area contributed by atoms with E-state index in [9.17, 15) is 14.0 Å². The van der Waals surface area contributed by atoms with Gasteiger partial charge in [-0.2, -0.15) is 0 Å². The van der Waals surface area contributed by atoms with Crippen molar-refractivity contribution in [1.82, 2.24) is 20.2 Å². The van der Waals surface area contributed by atoms with E-state index in [4.69, 9.17) is 11.6 Å². The van der Waals surface area contributed by atoms with Gasteiger partial charge in [0, 0.05) is 38.6 Å². The summed E-state index contributed by atoms with van der Waals surface area (Å²) in [7, 11) is 0. The van der Waals surface area contributed by atoms with Gasteiger partial charge in [0.15, 0.2) is 5.69 Å². The van der Waals surface area contributed by atoms with Crippen LogP contribution in [0.4, 0.5) is 10.3 Å². The van der Waals surface area contributed by atoms with E-state index in [1.54, 1.807) is 24.0 Å². The van der Waals surface area contributed by atoms with E-state index < -0.39 is 0 Å². The number of likely N-dealkylation sites (tertiary alicyclic amines) is 1. The van der Waals surface area contributed by atoms with Gasteiger partial charge in [-0.1, -0.05) is 23.7 Å². The Balaban J connectivity index is 1.57. The number of nitrogens with zero attached hydrogens (tertiary/aromatic N) is 4. The highest BCUT2D eigenvalue weighted by atomic mass is 35.5. The molecule has 0 spiro atoms. The molecule has 1 aromatic heterocycles. The summed E-state index contributed by atoms with van der Waals surface area (Å²) in [6.45, 7) is 8.30. The normalized spacial score (nSPS) is 14.3. The summed E-state index contributed by atoms with van der Waals surface area (Å²) in [6, 6.07) is 4.94. The zero-order chi connectivity index (χ0) is 23.3. The molecule has 2 heterocycles. The maximum absolute atomic E-state index is 13.7. The molecule has 1 aromatic carbocycles. The third-order valence-electron chi connectivity index (χ3n) is 5.84. The van der Waals surface area contributed by atoms with Crippen LogP contribution in [0.25, 0.3) is 0 Å². The molecule has 1 aliphatic heterocycles. The minimum Gasteiger partial charge on any atom is -0.352 e. The first-order valence-electron chi connectivity index (χ1n) is 10.9. The number of rotatable bonds is 7. The van der Waals surface area contributed by atoms with Crippen LogP contribution in [0.3, 0.4) is 0 Å². The Kier molecular flexibility index (Phi) is 8.01. The Morgan fingerprint density at radius 2 is 1.94 bits per heavy atom. The smallest absolute Gasteiger partial charge is 0.274 e. The molecule has 0 unspecified atom stereocenters. The number of carbonyl (C=O) groups excluding carboxylic acids is 2. The molecule has 0 radical (unpaired) electrons. The summed E-state index contributed by atoms with van der Waals surface area (Å²) in [5.41, 5.74) is 1.48. The number of halogens is 2. The van der Waals surface area contributed by atoms with Crippen molar-refractivity contribution < 1.29 is 14.0 Å². The Morgan fingerprint density at radius 1 is 1.25 bits per heavy atom. The van der Waals surface area contributed by atoms with E-state index in [0.717, 1.165) is 18.7 Å². The molecule has 0 bridgehead atoms. The first-order valence-corrected chi connectivity index (χ1v) is 11.3. The number of aryl methyl sites for hydroxylation is 1. The molecule has 0 atom stereocenters. The van der Waals surface area contributed by atoms with Crippen molar-refractivity contribution in [1.29, 1.82) is 0 Å². The van der Waals surface area contributed by atoms with Gasteiger partial charge in [-0.15, -0.1) is 0 Å². The van der Waals surface area contributed by atoms with E-state index in [1.165, 1.54) is 12.3 Å². The second kappa shape index (κ2) is 10.7. The average molecular weight is 462 g/mol. The number of piperidine rings is 1. The quantitative estimate of drug-likeness (QED) is 0.681. The van der Waals surface area contributed by atoms with Gasteiger partial charge in [0.1, 0.15) is 5.82 Å². The van der Waals surface area contributed by atoms with Crippen LogP contribution in [-0.4, -0.2) is 52.9 Å². The lowest BCUT2D eigenvalue weighted by Crippen LogP contribution is -2.43. The Morgan fingerprint density at radius 3 is 2.56 bits per heavy atom. The average Bonchev–Trinajstić information content (AvgIpc) is 2.81. The van der Waals surface area contributed by atoms with E-state index in [-0.39, 0.29) is 40.8 Å². The van der Waals surface area contributed by atoms with Crippen LogP contribution in [0.2, 0.25) is 5.02 Å². The van der Waals surface area contributed by atoms with Crippen LogP contribution in [0.5, 0.6) is 0 Å². The molecule has 32 heavy (non-hydrogen) atoms. The number of hydrogen-bond acceptors (Lipinski definition) is 5. The molecule has 1 fully saturated rings. The van der Waals surface area contributed by atoms with E-state index in [1.807, 2.05) is 18.7 Å². The summed E-state index contributed by atoms with van der Waals surface area (Å²) in [5.74, 6) is -0.330. The molecule has 172 valence electrons. The predicted molar refractivity (Wildman–Crippen MR) is 122 cm³/mol. The van der Waals surface area contributed by atoms with Crippen LogP contribution >= 0.6 is 11.6 Å². The van der Waals surface area contributed by atoms with Crippen molar-refractivity contribution in [2.24, 2.45) is 5.92 Å². The Bertz CT molecular complexity index is 975. The third kappa shape index (κ3) is 5.54. The molecule has 2 aromatic rings. The van der Waals surface area contributed by atoms with Crippen LogP contribution < -0.4 is 10.2 Å². The second-order valence-corrected chi connectivity index (χ2v) is 8.31. The fourth-order valence-electron chi connectivity index (χ4n) is 3.74. The van der Waals surface area contributed by atoms with Crippen molar-refractivity contribution in [3.8, 4) is 0 Å². The lowest BCUT2D eigenvalue weighted by Gasteiger charge is -2.31. The number of benzene rings is 1. The van der Waals surface area contributed by atoms with Gasteiger partial charge >= 0.3 is 0 Å². The van der Waals surface area contributed by atoms with Crippen molar-refractivity contribution in [3.63, 3.8) is 0 Å². The molecule has 1 N–H and O–H groups in total. The molecule has 9 heteroatoms. The van der Waals surface area contributed by atoms with Crippen molar-refractivity contribution in [2.75, 3.05) is 31.1 Å². The van der Waals surface area contributed by atoms with Crippen LogP contribution in [0, 0.1) is 18.7 Å². The van der Waals surface area contributed by atoms with E-state index in [0.29, 0.717) is 37.4 Å². The standard InChI is InChI=1S/C23H29ClFN5O2/c1-4-29(5-2)23-27-14-18(24)20(28-23)22(32)30-10-8-17(9-11-30)21(31)26-13-16-7-6-15(3)19(25)12-16/h6-7,12,14,17H,4-5,8-11,13H2,1-3H3,(H,26,31). The topological polar surface area (TPSA) is 78.4 Å². The molecular weight excluding hydrogens is 433 g/mol. The van der Waals surface area contributed by atoms with Crippen LogP contribution in [0.1, 0.15) is 48.3 Å². The summed E-state index contributed by atoms with van der Waals surface area (Å²) in [4.78, 5) is 37.8. The summed E-state index contributed by atoms with van der Waals surface area (Å²) in [6.07, 6.45) is 2.56. The molecular formula is C23H29ClFN5O2. The van der Waals surface area contributed by atoms with Crippen LogP contribution in [-0.2, 0) is 11.3 Å². The number of carbonyl (C=O) groups is 2.